The number of hydrogen-bond acceptors (Lipinski definition) is 5. The Morgan fingerprint density at radius 2 is 0.972 bits per heavy atom. The fourth-order valence-electron chi connectivity index (χ4n) is 11.8. The molecule has 0 N–H and O–H groups in total. The van der Waals surface area contributed by atoms with Crippen LogP contribution in [0.15, 0.2) is 213 Å². The van der Waals surface area contributed by atoms with Crippen molar-refractivity contribution in [2.75, 3.05) is 0 Å². The van der Waals surface area contributed by atoms with Crippen molar-refractivity contribution in [1.29, 1.82) is 0 Å². The van der Waals surface area contributed by atoms with Gasteiger partial charge in [-0.2, -0.15) is 0 Å². The highest BCUT2D eigenvalue weighted by atomic mass is 16.3. The fraction of sp³-hybridized carbons (Fsp3) is 0.0462. The lowest BCUT2D eigenvalue weighted by molar-refractivity contribution is 0.504. The summed E-state index contributed by atoms with van der Waals surface area (Å²) in [4.78, 5) is 11.0. The second-order valence-electron chi connectivity index (χ2n) is 19.3. The van der Waals surface area contributed by atoms with Crippen LogP contribution in [0.2, 0.25) is 0 Å². The Hall–Kier alpha value is -9.46. The number of allylic oxidation sites excluding steroid dienone is 1. The Morgan fingerprint density at radius 3 is 1.68 bits per heavy atom. The lowest BCUT2D eigenvalue weighted by Crippen LogP contribution is -2.04. The number of para-hydroxylation sites is 6. The average molecular weight is 925 g/mol. The van der Waals surface area contributed by atoms with Crippen LogP contribution in [-0.2, 0) is 0 Å². The van der Waals surface area contributed by atoms with Gasteiger partial charge >= 0.3 is 0 Å². The molecular formula is C65H40N4O3. The third kappa shape index (κ3) is 5.61. The van der Waals surface area contributed by atoms with E-state index in [1.54, 1.807) is 0 Å². The summed E-state index contributed by atoms with van der Waals surface area (Å²) in [5.74, 6) is 1.98. The van der Waals surface area contributed by atoms with Crippen molar-refractivity contribution >= 4 is 105 Å². The molecule has 7 nitrogen and oxygen atoms in total. The molecule has 1 unspecified atom stereocenters. The molecule has 338 valence electrons. The van der Waals surface area contributed by atoms with Gasteiger partial charge in [0.2, 0.25) is 5.95 Å². The van der Waals surface area contributed by atoms with Gasteiger partial charge in [-0.05, 0) is 96.4 Å². The first kappa shape index (κ1) is 39.4. The highest BCUT2D eigenvalue weighted by Crippen LogP contribution is 2.43. The zero-order valence-electron chi connectivity index (χ0n) is 38.9. The Morgan fingerprint density at radius 1 is 0.417 bits per heavy atom. The topological polar surface area (TPSA) is 75.1 Å². The summed E-state index contributed by atoms with van der Waals surface area (Å²) in [6.45, 7) is 2.24. The lowest BCUT2D eigenvalue weighted by Gasteiger charge is -2.13. The second kappa shape index (κ2) is 14.8. The van der Waals surface area contributed by atoms with Crippen LogP contribution in [0.1, 0.15) is 30.6 Å². The van der Waals surface area contributed by atoms with Gasteiger partial charge in [-0.1, -0.05) is 134 Å². The summed E-state index contributed by atoms with van der Waals surface area (Å²) in [5.41, 5.74) is 16.2. The SMILES string of the molecule is CC1CC=Cc2c1oc1ccc(-n3c4ccccc4c4cc(-c5ccc6c7ccccc7n(-c7nc(-c8cccc9c8oc8ccccc89)cc(-c8cccc9c8oc8ccccc89)n7)c6c5)ccc43)cc21. The van der Waals surface area contributed by atoms with Crippen LogP contribution < -0.4 is 0 Å². The van der Waals surface area contributed by atoms with Crippen LogP contribution in [0.25, 0.3) is 150 Å². The highest BCUT2D eigenvalue weighted by molar-refractivity contribution is 6.14. The number of hydrogen-bond donors (Lipinski definition) is 0. The smallest absolute Gasteiger partial charge is 0.235 e. The molecule has 72 heavy (non-hydrogen) atoms. The van der Waals surface area contributed by atoms with Crippen LogP contribution in [-0.4, -0.2) is 19.1 Å². The van der Waals surface area contributed by atoms with Gasteiger partial charge in [-0.25, -0.2) is 9.97 Å². The predicted molar refractivity (Wildman–Crippen MR) is 293 cm³/mol. The van der Waals surface area contributed by atoms with Gasteiger partial charge in [0.1, 0.15) is 33.7 Å². The number of nitrogens with zero attached hydrogens (tertiary/aromatic N) is 4. The molecule has 7 heteroatoms. The minimum absolute atomic E-state index is 0.358. The highest BCUT2D eigenvalue weighted by Gasteiger charge is 2.24. The van der Waals surface area contributed by atoms with Gasteiger partial charge in [0.25, 0.3) is 0 Å². The molecule has 0 spiro atoms. The number of furan rings is 3. The molecule has 0 saturated heterocycles. The first-order chi connectivity index (χ1) is 35.6. The van der Waals surface area contributed by atoms with Gasteiger partial charge in [0, 0.05) is 76.8 Å². The van der Waals surface area contributed by atoms with E-state index in [1.807, 2.05) is 24.3 Å². The quantitative estimate of drug-likeness (QED) is 0.172. The molecule has 6 heterocycles. The predicted octanol–water partition coefficient (Wildman–Crippen LogP) is 17.7. The van der Waals surface area contributed by atoms with Gasteiger partial charge in [-0.15, -0.1) is 0 Å². The van der Waals surface area contributed by atoms with E-state index in [2.05, 4.69) is 198 Å². The Bertz CT molecular complexity index is 4690. The normalized spacial score (nSPS) is 13.9. The zero-order chi connectivity index (χ0) is 47.2. The first-order valence-electron chi connectivity index (χ1n) is 24.6. The third-order valence-corrected chi connectivity index (χ3v) is 15.2. The summed E-state index contributed by atoms with van der Waals surface area (Å²) in [7, 11) is 0. The molecule has 0 bridgehead atoms. The Balaban J connectivity index is 0.908. The van der Waals surface area contributed by atoms with Gasteiger partial charge in [-0.3, -0.25) is 4.57 Å². The van der Waals surface area contributed by atoms with E-state index in [0.29, 0.717) is 11.9 Å². The molecular weight excluding hydrogens is 885 g/mol. The standard InChI is InChI=1S/C65H40N4O3/c1-37-13-10-18-48-52-35-40(29-32-61(52)70-62(37)48)68-55-23-6-3-15-42(55)51-33-38(28-31-57(51)68)39-27-30-43-41-14-2-7-24-56(41)69(58(43)34-39)65-66-53(49-21-11-19-46-44-16-4-8-25-59(44)71-63(46)49)36-54(67-65)50-22-12-20-47-45-17-5-9-26-60(45)72-64(47)50/h2-12,14-37H,13H2,1H3. The molecule has 0 amide bonds. The number of aromatic nitrogens is 4. The average Bonchev–Trinajstić information content (AvgIpc) is 4.25. The molecule has 1 atom stereocenters. The van der Waals surface area contributed by atoms with Gasteiger partial charge < -0.3 is 17.8 Å². The van der Waals surface area contributed by atoms with Crippen LogP contribution in [0.4, 0.5) is 0 Å². The van der Waals surface area contributed by atoms with Crippen molar-refractivity contribution in [3.63, 3.8) is 0 Å². The maximum Gasteiger partial charge on any atom is 0.235 e. The summed E-state index contributed by atoms with van der Waals surface area (Å²) < 4.78 is 24.4. The number of rotatable bonds is 5. The molecule has 15 aromatic rings. The molecule has 1 aliphatic carbocycles. The summed E-state index contributed by atoms with van der Waals surface area (Å²) in [6.07, 6.45) is 5.49. The Labute approximate surface area is 411 Å². The van der Waals surface area contributed by atoms with Gasteiger partial charge in [0.05, 0.1) is 33.5 Å². The third-order valence-electron chi connectivity index (χ3n) is 15.2. The first-order valence-corrected chi connectivity index (χ1v) is 24.6. The maximum absolute atomic E-state index is 6.66. The van der Waals surface area contributed by atoms with Crippen molar-refractivity contribution in [3.05, 3.63) is 212 Å². The van der Waals surface area contributed by atoms with Crippen LogP contribution in [0, 0.1) is 0 Å². The maximum atomic E-state index is 6.66. The molecule has 6 aromatic heterocycles. The second-order valence-corrected chi connectivity index (χ2v) is 19.3. The molecule has 0 radical (unpaired) electrons. The van der Waals surface area contributed by atoms with E-state index < -0.39 is 0 Å². The molecule has 0 fully saturated rings. The molecule has 9 aromatic carbocycles. The van der Waals surface area contributed by atoms with Crippen LogP contribution >= 0.6 is 0 Å². The van der Waals surface area contributed by atoms with Crippen molar-refractivity contribution in [1.82, 2.24) is 19.1 Å². The summed E-state index contributed by atoms with van der Waals surface area (Å²) >= 11 is 0. The minimum Gasteiger partial charge on any atom is -0.460 e. The molecule has 1 aliphatic rings. The van der Waals surface area contributed by atoms with Crippen molar-refractivity contribution < 1.29 is 13.3 Å². The van der Waals surface area contributed by atoms with E-state index in [1.165, 1.54) is 16.3 Å². The van der Waals surface area contributed by atoms with E-state index >= 15 is 0 Å². The van der Waals surface area contributed by atoms with E-state index in [9.17, 15) is 0 Å². The summed E-state index contributed by atoms with van der Waals surface area (Å²) in [6, 6.07) is 68.7. The minimum atomic E-state index is 0.358. The Kier molecular flexibility index (Phi) is 8.09. The van der Waals surface area contributed by atoms with Gasteiger partial charge in [0.15, 0.2) is 0 Å². The molecule has 0 saturated carbocycles. The monoisotopic (exact) mass is 924 g/mol. The van der Waals surface area contributed by atoms with E-state index in [4.69, 9.17) is 23.2 Å². The van der Waals surface area contributed by atoms with Crippen molar-refractivity contribution in [2.45, 2.75) is 19.3 Å². The van der Waals surface area contributed by atoms with Crippen molar-refractivity contribution in [3.8, 4) is 45.3 Å². The van der Waals surface area contributed by atoms with E-state index in [-0.39, 0.29) is 0 Å². The molecule has 16 rings (SSSR count). The number of benzene rings is 9. The zero-order valence-corrected chi connectivity index (χ0v) is 38.9. The largest absolute Gasteiger partial charge is 0.460 e. The fourth-order valence-corrected chi connectivity index (χ4v) is 11.8. The van der Waals surface area contributed by atoms with Crippen LogP contribution in [0.3, 0.4) is 0 Å². The summed E-state index contributed by atoms with van der Waals surface area (Å²) in [5, 5.41) is 9.97. The lowest BCUT2D eigenvalue weighted by atomic mass is 9.94. The molecule has 0 aliphatic heterocycles. The number of fused-ring (bicyclic) bond motifs is 15. The van der Waals surface area contributed by atoms with E-state index in [0.717, 1.165) is 139 Å². The van der Waals surface area contributed by atoms with Crippen molar-refractivity contribution in [2.24, 2.45) is 0 Å². The van der Waals surface area contributed by atoms with Crippen LogP contribution in [0.5, 0.6) is 0 Å².